The molecule has 3 aromatic carbocycles. The second kappa shape index (κ2) is 7.16. The number of hydrogen-bond acceptors (Lipinski definition) is 2. The zero-order chi connectivity index (χ0) is 19.8. The predicted molar refractivity (Wildman–Crippen MR) is 116 cm³/mol. The van der Waals surface area contributed by atoms with E-state index in [1.165, 1.54) is 5.56 Å². The minimum absolute atomic E-state index is 0.0253. The Morgan fingerprint density at radius 1 is 0.893 bits per heavy atom. The highest BCUT2D eigenvalue weighted by Crippen LogP contribution is 2.37. The highest BCUT2D eigenvalue weighted by atomic mass is 16.2. The summed E-state index contributed by atoms with van der Waals surface area (Å²) in [6.45, 7) is 8.52. The number of carbonyl (C=O) groups excluding carboxylic acids is 1. The van der Waals surface area contributed by atoms with Crippen LogP contribution in [-0.4, -0.2) is 5.91 Å². The molecule has 1 N–H and O–H groups in total. The van der Waals surface area contributed by atoms with E-state index in [2.05, 4.69) is 75.5 Å². The predicted octanol–water partition coefficient (Wildman–Crippen LogP) is 6.20. The Morgan fingerprint density at radius 3 is 2.18 bits per heavy atom. The van der Waals surface area contributed by atoms with Crippen LogP contribution in [0.4, 0.5) is 11.4 Å². The summed E-state index contributed by atoms with van der Waals surface area (Å²) in [5, 5.41) is 3.58. The zero-order valence-electron chi connectivity index (χ0n) is 16.9. The first-order valence-electron chi connectivity index (χ1n) is 9.81. The molecule has 142 valence electrons. The Kier molecular flexibility index (Phi) is 4.68. The molecule has 1 heterocycles. The van der Waals surface area contributed by atoms with Crippen LogP contribution in [0.3, 0.4) is 0 Å². The van der Waals surface area contributed by atoms with Crippen molar-refractivity contribution >= 4 is 17.3 Å². The maximum atomic E-state index is 13.5. The third-order valence-electron chi connectivity index (χ3n) is 5.33. The van der Waals surface area contributed by atoms with Crippen molar-refractivity contribution in [3.63, 3.8) is 0 Å². The fourth-order valence-corrected chi connectivity index (χ4v) is 3.91. The Bertz CT molecular complexity index is 1000. The monoisotopic (exact) mass is 370 g/mol. The van der Waals surface area contributed by atoms with Gasteiger partial charge >= 0.3 is 0 Å². The number of benzene rings is 3. The van der Waals surface area contributed by atoms with Gasteiger partial charge in [0.25, 0.3) is 5.91 Å². The summed E-state index contributed by atoms with van der Waals surface area (Å²) in [4.78, 5) is 15.4. The maximum Gasteiger partial charge on any atom is 0.262 e. The Hall–Kier alpha value is -3.07. The minimum Gasteiger partial charge on any atom is -0.360 e. The van der Waals surface area contributed by atoms with E-state index in [1.807, 2.05) is 29.2 Å². The lowest BCUT2D eigenvalue weighted by atomic mass is 9.98. The van der Waals surface area contributed by atoms with Gasteiger partial charge in [0, 0.05) is 11.4 Å². The zero-order valence-corrected chi connectivity index (χ0v) is 16.9. The van der Waals surface area contributed by atoms with Crippen molar-refractivity contribution in [1.29, 1.82) is 0 Å². The molecule has 4 rings (SSSR count). The molecule has 0 saturated heterocycles. The first-order valence-corrected chi connectivity index (χ1v) is 9.81. The fourth-order valence-electron chi connectivity index (χ4n) is 3.91. The largest absolute Gasteiger partial charge is 0.360 e. The molecule has 3 heteroatoms. The van der Waals surface area contributed by atoms with E-state index in [0.717, 1.165) is 28.1 Å². The third-order valence-corrected chi connectivity index (χ3v) is 5.33. The topological polar surface area (TPSA) is 32.3 Å². The van der Waals surface area contributed by atoms with Crippen molar-refractivity contribution in [2.24, 2.45) is 0 Å². The molecule has 1 unspecified atom stereocenters. The van der Waals surface area contributed by atoms with Crippen molar-refractivity contribution in [3.05, 3.63) is 94.5 Å². The molecule has 0 bridgehead atoms. The molecular formula is C25H26N2O. The van der Waals surface area contributed by atoms with E-state index in [9.17, 15) is 4.79 Å². The van der Waals surface area contributed by atoms with Gasteiger partial charge in [0.2, 0.25) is 0 Å². The summed E-state index contributed by atoms with van der Waals surface area (Å²) < 4.78 is 0. The third kappa shape index (κ3) is 3.29. The standard InChI is InChI=1S/C25H26N2O/c1-16(2)19-9-11-20(12-10-19)24-26-23-8-6-5-7-22(23)25(28)27(24)21-14-17(3)13-18(4)15-21/h5-16,24,26H,1-4H3. The number of nitrogens with one attached hydrogen (secondary N) is 1. The van der Waals surface area contributed by atoms with Crippen LogP contribution in [-0.2, 0) is 0 Å². The van der Waals surface area contributed by atoms with E-state index in [4.69, 9.17) is 0 Å². The molecule has 0 aliphatic carbocycles. The number of carbonyl (C=O) groups is 1. The van der Waals surface area contributed by atoms with Crippen molar-refractivity contribution < 1.29 is 4.79 Å². The van der Waals surface area contributed by atoms with Gasteiger partial charge in [0.1, 0.15) is 6.17 Å². The van der Waals surface area contributed by atoms with Gasteiger partial charge in [-0.3, -0.25) is 9.69 Å². The average molecular weight is 370 g/mol. The summed E-state index contributed by atoms with van der Waals surface area (Å²) in [7, 11) is 0. The molecule has 1 aliphatic rings. The molecule has 3 aromatic rings. The number of rotatable bonds is 3. The Labute approximate surface area is 167 Å². The molecule has 1 amide bonds. The van der Waals surface area contributed by atoms with Crippen LogP contribution < -0.4 is 10.2 Å². The molecule has 0 fully saturated rings. The second-order valence-electron chi connectivity index (χ2n) is 7.93. The molecule has 1 aliphatic heterocycles. The van der Waals surface area contributed by atoms with E-state index >= 15 is 0 Å². The molecule has 0 radical (unpaired) electrons. The van der Waals surface area contributed by atoms with E-state index < -0.39 is 0 Å². The normalized spacial score (nSPS) is 16.1. The first kappa shape index (κ1) is 18.3. The van der Waals surface area contributed by atoms with Crippen LogP contribution in [0.1, 0.15) is 58.5 Å². The van der Waals surface area contributed by atoms with Crippen molar-refractivity contribution in [2.75, 3.05) is 10.2 Å². The lowest BCUT2D eigenvalue weighted by Gasteiger charge is -2.38. The highest BCUT2D eigenvalue weighted by molar-refractivity contribution is 6.12. The van der Waals surface area contributed by atoms with Crippen molar-refractivity contribution in [3.8, 4) is 0 Å². The quantitative estimate of drug-likeness (QED) is 0.595. The molecule has 0 saturated carbocycles. The van der Waals surface area contributed by atoms with E-state index in [1.54, 1.807) is 0 Å². The fraction of sp³-hybridized carbons (Fsp3) is 0.240. The number of anilines is 2. The van der Waals surface area contributed by atoms with Crippen LogP contribution in [0.15, 0.2) is 66.7 Å². The van der Waals surface area contributed by atoms with Gasteiger partial charge in [-0.15, -0.1) is 0 Å². The minimum atomic E-state index is -0.246. The number of nitrogens with zero attached hydrogens (tertiary/aromatic N) is 1. The highest BCUT2D eigenvalue weighted by Gasteiger charge is 2.34. The molecular weight excluding hydrogens is 344 g/mol. The van der Waals surface area contributed by atoms with Gasteiger partial charge in [0.05, 0.1) is 5.56 Å². The van der Waals surface area contributed by atoms with Gasteiger partial charge in [-0.05, 0) is 66.3 Å². The molecule has 28 heavy (non-hydrogen) atoms. The van der Waals surface area contributed by atoms with Crippen molar-refractivity contribution in [2.45, 2.75) is 39.8 Å². The van der Waals surface area contributed by atoms with Crippen molar-refractivity contribution in [1.82, 2.24) is 0 Å². The van der Waals surface area contributed by atoms with Gasteiger partial charge in [-0.1, -0.05) is 56.3 Å². The number of para-hydroxylation sites is 1. The van der Waals surface area contributed by atoms with Crippen LogP contribution in [0.2, 0.25) is 0 Å². The molecule has 0 aromatic heterocycles. The van der Waals surface area contributed by atoms with Gasteiger partial charge in [-0.25, -0.2) is 0 Å². The summed E-state index contributed by atoms with van der Waals surface area (Å²) in [5.74, 6) is 0.503. The molecule has 0 spiro atoms. The first-order chi connectivity index (χ1) is 13.4. The summed E-state index contributed by atoms with van der Waals surface area (Å²) >= 11 is 0. The van der Waals surface area contributed by atoms with Crippen LogP contribution in [0.5, 0.6) is 0 Å². The van der Waals surface area contributed by atoms with Crippen LogP contribution in [0.25, 0.3) is 0 Å². The lowest BCUT2D eigenvalue weighted by Crippen LogP contribution is -2.43. The summed E-state index contributed by atoms with van der Waals surface area (Å²) in [6.07, 6.45) is -0.246. The smallest absolute Gasteiger partial charge is 0.262 e. The number of amides is 1. The second-order valence-corrected chi connectivity index (χ2v) is 7.93. The van der Waals surface area contributed by atoms with Crippen LogP contribution in [0, 0.1) is 13.8 Å². The van der Waals surface area contributed by atoms with Gasteiger partial charge in [-0.2, -0.15) is 0 Å². The van der Waals surface area contributed by atoms with E-state index in [-0.39, 0.29) is 12.1 Å². The average Bonchev–Trinajstić information content (AvgIpc) is 2.67. The summed E-state index contributed by atoms with van der Waals surface area (Å²) in [6, 6.07) is 22.6. The van der Waals surface area contributed by atoms with Crippen LogP contribution >= 0.6 is 0 Å². The lowest BCUT2D eigenvalue weighted by molar-refractivity contribution is 0.0975. The SMILES string of the molecule is Cc1cc(C)cc(N2C(=O)c3ccccc3NC2c2ccc(C(C)C)cc2)c1. The number of fused-ring (bicyclic) bond motifs is 1. The maximum absolute atomic E-state index is 13.5. The van der Waals surface area contributed by atoms with Gasteiger partial charge in [0.15, 0.2) is 0 Å². The summed E-state index contributed by atoms with van der Waals surface area (Å²) in [5.41, 5.74) is 7.17. The molecule has 3 nitrogen and oxygen atoms in total. The number of hydrogen-bond donors (Lipinski definition) is 1. The molecule has 1 atom stereocenters. The Balaban J connectivity index is 1.84. The van der Waals surface area contributed by atoms with Gasteiger partial charge < -0.3 is 5.32 Å². The number of aryl methyl sites for hydroxylation is 2. The Morgan fingerprint density at radius 2 is 1.54 bits per heavy atom. The van der Waals surface area contributed by atoms with E-state index in [0.29, 0.717) is 11.5 Å².